The Kier molecular flexibility index (Phi) is 8.15. The molecule has 0 saturated heterocycles. The van der Waals surface area contributed by atoms with Crippen LogP contribution in [0.15, 0.2) is 89.3 Å². The van der Waals surface area contributed by atoms with E-state index < -0.39 is 5.92 Å². The normalized spacial score (nSPS) is 18.4. The number of aryl methyl sites for hydroxylation is 1. The molecule has 0 aromatic heterocycles. The second-order valence-corrected chi connectivity index (χ2v) is 10.4. The fraction of sp³-hybridized carbons (Fsp3) is 0.294. The summed E-state index contributed by atoms with van der Waals surface area (Å²) in [6.45, 7) is 4.01. The number of hydrogen-bond acceptors (Lipinski definition) is 6. The first-order valence-corrected chi connectivity index (χ1v) is 13.9. The van der Waals surface area contributed by atoms with E-state index in [1.807, 2.05) is 49.4 Å². The summed E-state index contributed by atoms with van der Waals surface area (Å²) in [6.07, 6.45) is 1.88. The summed E-state index contributed by atoms with van der Waals surface area (Å²) in [7, 11) is 4.79. The van der Waals surface area contributed by atoms with Crippen LogP contribution >= 0.6 is 0 Å². The molecular formula is C34H36N2O5. The molecule has 0 unspecified atom stereocenters. The zero-order chi connectivity index (χ0) is 29.1. The number of ketones is 1. The lowest BCUT2D eigenvalue weighted by molar-refractivity contribution is -0.116. The summed E-state index contributed by atoms with van der Waals surface area (Å²) < 4.78 is 16.4. The molecule has 41 heavy (non-hydrogen) atoms. The number of allylic oxidation sites excluding steroid dienone is 3. The van der Waals surface area contributed by atoms with E-state index in [0.29, 0.717) is 46.9 Å². The number of benzene rings is 3. The highest BCUT2D eigenvalue weighted by atomic mass is 16.5. The Hall–Kier alpha value is -4.52. The number of para-hydroxylation sites is 2. The quantitative estimate of drug-likeness (QED) is 0.342. The summed E-state index contributed by atoms with van der Waals surface area (Å²) in [6, 6.07) is 21.3. The van der Waals surface area contributed by atoms with Crippen LogP contribution in [0.25, 0.3) is 0 Å². The van der Waals surface area contributed by atoms with E-state index in [1.165, 1.54) is 5.56 Å². The van der Waals surface area contributed by atoms with Crippen LogP contribution in [-0.4, -0.2) is 33.0 Å². The van der Waals surface area contributed by atoms with Gasteiger partial charge in [0.1, 0.15) is 5.75 Å². The van der Waals surface area contributed by atoms with Crippen molar-refractivity contribution in [3.63, 3.8) is 0 Å². The van der Waals surface area contributed by atoms with E-state index in [2.05, 4.69) is 29.7 Å². The third-order valence-electron chi connectivity index (χ3n) is 8.03. The smallest absolute Gasteiger partial charge is 0.254 e. The van der Waals surface area contributed by atoms with Crippen molar-refractivity contribution in [2.24, 2.45) is 0 Å². The summed E-state index contributed by atoms with van der Waals surface area (Å²) in [4.78, 5) is 27.9. The highest BCUT2D eigenvalue weighted by molar-refractivity contribution is 6.10. The predicted molar refractivity (Wildman–Crippen MR) is 160 cm³/mol. The first-order valence-electron chi connectivity index (χ1n) is 13.9. The highest BCUT2D eigenvalue weighted by Crippen LogP contribution is 2.46. The molecule has 2 aliphatic rings. The number of anilines is 1. The van der Waals surface area contributed by atoms with Crippen LogP contribution < -0.4 is 24.8 Å². The molecule has 3 aromatic rings. The molecule has 1 amide bonds. The van der Waals surface area contributed by atoms with E-state index in [0.717, 1.165) is 28.9 Å². The fourth-order valence-electron chi connectivity index (χ4n) is 5.90. The lowest BCUT2D eigenvalue weighted by atomic mass is 9.71. The number of dihydropyridines is 1. The average Bonchev–Trinajstić information content (AvgIpc) is 3.00. The molecule has 2 atom stereocenters. The summed E-state index contributed by atoms with van der Waals surface area (Å²) >= 11 is 0. The second-order valence-electron chi connectivity index (χ2n) is 10.4. The Bertz CT molecular complexity index is 1540. The molecule has 3 aromatic carbocycles. The van der Waals surface area contributed by atoms with Crippen molar-refractivity contribution in [1.29, 1.82) is 0 Å². The van der Waals surface area contributed by atoms with Gasteiger partial charge in [0, 0.05) is 34.9 Å². The Balaban J connectivity index is 1.55. The fourth-order valence-corrected chi connectivity index (χ4v) is 5.90. The molecular weight excluding hydrogens is 516 g/mol. The molecule has 212 valence electrons. The number of methoxy groups -OCH3 is 3. The molecule has 0 radical (unpaired) electrons. The van der Waals surface area contributed by atoms with Crippen LogP contribution in [-0.2, 0) is 16.0 Å². The van der Waals surface area contributed by atoms with Gasteiger partial charge in [-0.1, -0.05) is 49.4 Å². The van der Waals surface area contributed by atoms with Gasteiger partial charge in [-0.25, -0.2) is 0 Å². The van der Waals surface area contributed by atoms with Crippen LogP contribution in [0.4, 0.5) is 5.69 Å². The molecule has 1 aliphatic heterocycles. The van der Waals surface area contributed by atoms with Crippen molar-refractivity contribution in [2.45, 2.75) is 44.9 Å². The van der Waals surface area contributed by atoms with Crippen LogP contribution in [0.1, 0.15) is 55.2 Å². The summed E-state index contributed by atoms with van der Waals surface area (Å²) in [5.41, 5.74) is 6.45. The standard InChI is InChI=1S/C34H36N2O5/c1-6-21-11-13-22(14-12-21)32-31(34(38)36-25-9-7-8-10-28(25)39-3)20(2)35-26-17-24(18-27(37)33(26)32)23-15-16-29(40-4)30(19-23)41-5/h7-16,19,24,32,35H,6,17-18H2,1-5H3,(H,36,38)/t24-,32-/m1/s1. The zero-order valence-corrected chi connectivity index (χ0v) is 24.2. The van der Waals surface area contributed by atoms with Crippen LogP contribution in [0.5, 0.6) is 17.2 Å². The van der Waals surface area contributed by atoms with Crippen molar-refractivity contribution < 1.29 is 23.8 Å². The Morgan fingerprint density at radius 3 is 2.24 bits per heavy atom. The Morgan fingerprint density at radius 1 is 0.878 bits per heavy atom. The minimum atomic E-state index is -0.495. The lowest BCUT2D eigenvalue weighted by Crippen LogP contribution is -2.37. The number of carbonyl (C=O) groups excluding carboxylic acids is 2. The van der Waals surface area contributed by atoms with Crippen LogP contribution in [0, 0.1) is 0 Å². The highest BCUT2D eigenvalue weighted by Gasteiger charge is 2.41. The van der Waals surface area contributed by atoms with E-state index in [-0.39, 0.29) is 17.6 Å². The minimum Gasteiger partial charge on any atom is -0.495 e. The van der Waals surface area contributed by atoms with E-state index in [4.69, 9.17) is 14.2 Å². The first kappa shape index (κ1) is 28.0. The number of hydrogen-bond donors (Lipinski definition) is 2. The zero-order valence-electron chi connectivity index (χ0n) is 24.2. The number of ether oxygens (including phenoxy) is 3. The summed E-state index contributed by atoms with van der Waals surface area (Å²) in [5.74, 6) is 1.07. The topological polar surface area (TPSA) is 85.9 Å². The molecule has 0 saturated carbocycles. The number of carbonyl (C=O) groups is 2. The molecule has 7 heteroatoms. The van der Waals surface area contributed by atoms with Gasteiger partial charge in [-0.05, 0) is 66.6 Å². The lowest BCUT2D eigenvalue weighted by Gasteiger charge is -2.37. The van der Waals surface area contributed by atoms with Gasteiger partial charge in [-0.3, -0.25) is 9.59 Å². The van der Waals surface area contributed by atoms with Crippen molar-refractivity contribution in [3.05, 3.63) is 106 Å². The average molecular weight is 553 g/mol. The van der Waals surface area contributed by atoms with Gasteiger partial charge in [0.05, 0.1) is 27.0 Å². The van der Waals surface area contributed by atoms with Gasteiger partial charge in [0.15, 0.2) is 17.3 Å². The first-order chi connectivity index (χ1) is 19.9. The molecule has 2 N–H and O–H groups in total. The van der Waals surface area contributed by atoms with Gasteiger partial charge in [0.25, 0.3) is 5.91 Å². The largest absolute Gasteiger partial charge is 0.495 e. The van der Waals surface area contributed by atoms with Gasteiger partial charge >= 0.3 is 0 Å². The van der Waals surface area contributed by atoms with Crippen molar-refractivity contribution in [1.82, 2.24) is 5.32 Å². The number of Topliss-reactive ketones (excluding diaryl/α,β-unsaturated/α-hetero) is 1. The molecule has 1 aliphatic carbocycles. The van der Waals surface area contributed by atoms with Gasteiger partial charge in [-0.2, -0.15) is 0 Å². The molecule has 0 bridgehead atoms. The van der Waals surface area contributed by atoms with Crippen LogP contribution in [0.3, 0.4) is 0 Å². The summed E-state index contributed by atoms with van der Waals surface area (Å²) in [5, 5.41) is 6.49. The maximum atomic E-state index is 14.0. The van der Waals surface area contributed by atoms with E-state index >= 15 is 0 Å². The maximum Gasteiger partial charge on any atom is 0.254 e. The SMILES string of the molecule is CCc1ccc([C@@H]2C(C(=O)Nc3ccccc3OC)=C(C)NC3=C2C(=O)C[C@H](c2ccc(OC)c(OC)c2)C3)cc1. The number of nitrogens with one attached hydrogen (secondary N) is 2. The second kappa shape index (κ2) is 11.9. The third-order valence-corrected chi connectivity index (χ3v) is 8.03. The molecule has 0 spiro atoms. The third kappa shape index (κ3) is 5.44. The number of amides is 1. The van der Waals surface area contributed by atoms with Gasteiger partial charge < -0.3 is 24.8 Å². The van der Waals surface area contributed by atoms with Crippen LogP contribution in [0.2, 0.25) is 0 Å². The number of rotatable bonds is 8. The Labute approximate surface area is 241 Å². The molecule has 0 fully saturated rings. The van der Waals surface area contributed by atoms with E-state index in [9.17, 15) is 9.59 Å². The molecule has 5 rings (SSSR count). The van der Waals surface area contributed by atoms with Gasteiger partial charge in [-0.15, -0.1) is 0 Å². The predicted octanol–water partition coefficient (Wildman–Crippen LogP) is 6.28. The van der Waals surface area contributed by atoms with Crippen molar-refractivity contribution >= 4 is 17.4 Å². The van der Waals surface area contributed by atoms with Crippen molar-refractivity contribution in [3.8, 4) is 17.2 Å². The van der Waals surface area contributed by atoms with E-state index in [1.54, 1.807) is 33.5 Å². The molecule has 1 heterocycles. The Morgan fingerprint density at radius 2 is 1.56 bits per heavy atom. The monoisotopic (exact) mass is 552 g/mol. The molecule has 7 nitrogen and oxygen atoms in total. The van der Waals surface area contributed by atoms with Crippen molar-refractivity contribution in [2.75, 3.05) is 26.6 Å². The van der Waals surface area contributed by atoms with Gasteiger partial charge in [0.2, 0.25) is 0 Å². The minimum absolute atomic E-state index is 0.0261. The maximum absolute atomic E-state index is 14.0.